The molecule has 1 saturated carbocycles. The van der Waals surface area contributed by atoms with Crippen LogP contribution >= 0.6 is 0 Å². The molecule has 6 nitrogen and oxygen atoms in total. The Morgan fingerprint density at radius 3 is 2.56 bits per heavy atom. The van der Waals surface area contributed by atoms with E-state index in [2.05, 4.69) is 61.7 Å². The summed E-state index contributed by atoms with van der Waals surface area (Å²) in [7, 11) is 4.38. The van der Waals surface area contributed by atoms with Crippen LogP contribution in [-0.2, 0) is 17.4 Å². The van der Waals surface area contributed by atoms with Crippen molar-refractivity contribution < 1.29 is 9.53 Å². The van der Waals surface area contributed by atoms with Gasteiger partial charge in [-0.3, -0.25) is 4.79 Å². The molecule has 2 saturated heterocycles. The number of rotatable bonds is 3. The SMILES string of the molecule is CN1CC(c2nc3c(n2C)C2(CCN(C(=O)/C=C/C4CC4)CC2)Oc2ccccc2-3)CC1(C)C. The number of fused-ring (bicyclic) bond motifs is 4. The summed E-state index contributed by atoms with van der Waals surface area (Å²) in [6.45, 7) is 7.06. The molecule has 2 aromatic rings. The molecule has 1 atom stereocenters. The van der Waals surface area contributed by atoms with E-state index in [1.165, 1.54) is 18.5 Å². The van der Waals surface area contributed by atoms with E-state index in [1.54, 1.807) is 6.08 Å². The Balaban J connectivity index is 1.34. The van der Waals surface area contributed by atoms with Crippen LogP contribution in [0.3, 0.4) is 0 Å². The number of ether oxygens (including phenoxy) is 1. The van der Waals surface area contributed by atoms with E-state index in [1.807, 2.05) is 11.0 Å². The zero-order valence-corrected chi connectivity index (χ0v) is 20.9. The number of allylic oxidation sites excluding steroid dienone is 1. The molecule has 180 valence electrons. The summed E-state index contributed by atoms with van der Waals surface area (Å²) >= 11 is 0. The average molecular weight is 461 g/mol. The van der Waals surface area contributed by atoms with Gasteiger partial charge in [-0.05, 0) is 64.3 Å². The molecular weight excluding hydrogens is 424 g/mol. The van der Waals surface area contributed by atoms with Crippen molar-refractivity contribution >= 4 is 5.91 Å². The predicted molar refractivity (Wildman–Crippen MR) is 133 cm³/mol. The number of carbonyl (C=O) groups excluding carboxylic acids is 1. The lowest BCUT2D eigenvalue weighted by Crippen LogP contribution is -2.49. The Morgan fingerprint density at radius 2 is 1.88 bits per heavy atom. The van der Waals surface area contributed by atoms with Gasteiger partial charge in [-0.15, -0.1) is 0 Å². The van der Waals surface area contributed by atoms with E-state index in [0.717, 1.165) is 48.6 Å². The Kier molecular flexibility index (Phi) is 4.96. The maximum absolute atomic E-state index is 12.8. The minimum atomic E-state index is -0.444. The quantitative estimate of drug-likeness (QED) is 0.635. The number of imidazole rings is 1. The number of hydrogen-bond donors (Lipinski definition) is 0. The summed E-state index contributed by atoms with van der Waals surface area (Å²) in [6, 6.07) is 8.30. The van der Waals surface area contributed by atoms with Gasteiger partial charge < -0.3 is 19.1 Å². The van der Waals surface area contributed by atoms with Gasteiger partial charge in [0.1, 0.15) is 11.6 Å². The van der Waals surface area contributed by atoms with Crippen LogP contribution in [0.5, 0.6) is 5.75 Å². The summed E-state index contributed by atoms with van der Waals surface area (Å²) in [5.74, 6) is 3.23. The zero-order valence-electron chi connectivity index (χ0n) is 20.9. The Morgan fingerprint density at radius 1 is 1.15 bits per heavy atom. The van der Waals surface area contributed by atoms with Crippen molar-refractivity contribution in [3.63, 3.8) is 0 Å². The molecule has 0 bridgehead atoms. The molecule has 4 aliphatic rings. The van der Waals surface area contributed by atoms with E-state index in [-0.39, 0.29) is 11.4 Å². The average Bonchev–Trinajstić information content (AvgIpc) is 3.52. The summed E-state index contributed by atoms with van der Waals surface area (Å²) in [4.78, 5) is 22.5. The molecule has 0 radical (unpaired) electrons. The standard InChI is InChI=1S/C28H36N4O2/c1-27(2)17-20(18-30(27)3)26-29-24-21-7-5-6-8-22(21)34-28(25(24)31(26)4)13-15-32(16-14-28)23(33)12-11-19-9-10-19/h5-8,11-12,19-20H,9-10,13-18H2,1-4H3/b12-11+. The van der Waals surface area contributed by atoms with Gasteiger partial charge in [0.15, 0.2) is 5.60 Å². The van der Waals surface area contributed by atoms with Crippen molar-refractivity contribution in [3.8, 4) is 17.0 Å². The third kappa shape index (κ3) is 3.49. The van der Waals surface area contributed by atoms with Crippen LogP contribution in [0.15, 0.2) is 36.4 Å². The highest BCUT2D eigenvalue weighted by Crippen LogP contribution is 2.50. The van der Waals surface area contributed by atoms with E-state index < -0.39 is 5.60 Å². The fraction of sp³-hybridized carbons (Fsp3) is 0.571. The van der Waals surface area contributed by atoms with Crippen LogP contribution in [-0.4, -0.2) is 57.5 Å². The van der Waals surface area contributed by atoms with Crippen LogP contribution in [0.2, 0.25) is 0 Å². The maximum Gasteiger partial charge on any atom is 0.246 e. The fourth-order valence-electron chi connectivity index (χ4n) is 6.21. The molecule has 4 heterocycles. The van der Waals surface area contributed by atoms with E-state index in [4.69, 9.17) is 9.72 Å². The molecule has 1 aliphatic carbocycles. The molecule has 1 aromatic carbocycles. The monoisotopic (exact) mass is 460 g/mol. The number of carbonyl (C=O) groups is 1. The Bertz CT molecular complexity index is 1150. The first kappa shape index (κ1) is 21.9. The zero-order chi connectivity index (χ0) is 23.7. The third-order valence-electron chi connectivity index (χ3n) is 8.66. The first-order valence-corrected chi connectivity index (χ1v) is 12.8. The first-order valence-electron chi connectivity index (χ1n) is 12.8. The van der Waals surface area contributed by atoms with Crippen LogP contribution in [0, 0.1) is 5.92 Å². The number of nitrogens with zero attached hydrogens (tertiary/aromatic N) is 4. The lowest BCUT2D eigenvalue weighted by atomic mass is 9.83. The minimum Gasteiger partial charge on any atom is -0.480 e. The summed E-state index contributed by atoms with van der Waals surface area (Å²) < 4.78 is 9.14. The van der Waals surface area contributed by atoms with Crippen molar-refractivity contribution in [1.82, 2.24) is 19.4 Å². The van der Waals surface area contributed by atoms with Crippen molar-refractivity contribution in [3.05, 3.63) is 47.9 Å². The van der Waals surface area contributed by atoms with Crippen molar-refractivity contribution in [1.29, 1.82) is 0 Å². The number of likely N-dealkylation sites (tertiary alicyclic amines) is 2. The highest BCUT2D eigenvalue weighted by atomic mass is 16.5. The highest BCUT2D eigenvalue weighted by Gasteiger charge is 2.48. The van der Waals surface area contributed by atoms with Crippen LogP contribution in [0.4, 0.5) is 0 Å². The smallest absolute Gasteiger partial charge is 0.246 e. The molecule has 1 spiro atoms. The maximum atomic E-state index is 12.8. The molecule has 6 heteroatoms. The minimum absolute atomic E-state index is 0.139. The van der Waals surface area contributed by atoms with Gasteiger partial charge in [0.05, 0.1) is 11.4 Å². The number of para-hydroxylation sites is 1. The second kappa shape index (κ2) is 7.70. The third-order valence-corrected chi connectivity index (χ3v) is 8.66. The molecule has 3 fully saturated rings. The van der Waals surface area contributed by atoms with Crippen molar-refractivity contribution in [2.24, 2.45) is 13.0 Å². The molecule has 1 unspecified atom stereocenters. The number of benzene rings is 1. The predicted octanol–water partition coefficient (Wildman–Crippen LogP) is 4.46. The van der Waals surface area contributed by atoms with Gasteiger partial charge in [0.2, 0.25) is 5.91 Å². The lowest BCUT2D eigenvalue weighted by Gasteiger charge is -2.44. The number of likely N-dealkylation sites (N-methyl/N-ethyl adjacent to an activating group) is 1. The molecule has 34 heavy (non-hydrogen) atoms. The van der Waals surface area contributed by atoms with E-state index >= 15 is 0 Å². The van der Waals surface area contributed by atoms with Gasteiger partial charge in [-0.2, -0.15) is 0 Å². The second-order valence-electron chi connectivity index (χ2n) is 11.4. The topological polar surface area (TPSA) is 50.6 Å². The molecule has 1 amide bonds. The second-order valence-corrected chi connectivity index (χ2v) is 11.4. The van der Waals surface area contributed by atoms with Crippen LogP contribution < -0.4 is 4.74 Å². The van der Waals surface area contributed by atoms with Crippen molar-refractivity contribution in [2.45, 2.75) is 63.0 Å². The van der Waals surface area contributed by atoms with Gasteiger partial charge in [-0.1, -0.05) is 18.2 Å². The van der Waals surface area contributed by atoms with Gasteiger partial charge in [0, 0.05) is 56.5 Å². The Labute approximate surface area is 202 Å². The number of piperidine rings is 1. The Hall–Kier alpha value is -2.60. The number of hydrogen-bond acceptors (Lipinski definition) is 4. The fourth-order valence-corrected chi connectivity index (χ4v) is 6.21. The largest absolute Gasteiger partial charge is 0.480 e. The van der Waals surface area contributed by atoms with Crippen LogP contribution in [0.1, 0.15) is 63.4 Å². The highest BCUT2D eigenvalue weighted by molar-refractivity contribution is 5.87. The molecule has 6 rings (SSSR count). The van der Waals surface area contributed by atoms with Gasteiger partial charge >= 0.3 is 0 Å². The summed E-state index contributed by atoms with van der Waals surface area (Å²) in [6.07, 6.45) is 8.99. The first-order chi connectivity index (χ1) is 16.3. The van der Waals surface area contributed by atoms with Crippen molar-refractivity contribution in [2.75, 3.05) is 26.7 Å². The van der Waals surface area contributed by atoms with E-state index in [0.29, 0.717) is 24.9 Å². The normalized spacial score (nSPS) is 25.4. The molecule has 1 aromatic heterocycles. The van der Waals surface area contributed by atoms with Gasteiger partial charge in [0.25, 0.3) is 0 Å². The molecule has 3 aliphatic heterocycles. The lowest BCUT2D eigenvalue weighted by molar-refractivity contribution is -0.130. The summed E-state index contributed by atoms with van der Waals surface area (Å²) in [5, 5.41) is 0. The number of aromatic nitrogens is 2. The van der Waals surface area contributed by atoms with Crippen LogP contribution in [0.25, 0.3) is 11.3 Å². The molecular formula is C28H36N4O2. The summed E-state index contributed by atoms with van der Waals surface area (Å²) in [5.41, 5.74) is 3.07. The number of amides is 1. The van der Waals surface area contributed by atoms with E-state index in [9.17, 15) is 4.79 Å². The molecule has 0 N–H and O–H groups in total. The van der Waals surface area contributed by atoms with Gasteiger partial charge in [-0.25, -0.2) is 4.98 Å².